The minimum atomic E-state index is -0.693. The van der Waals surface area contributed by atoms with Gasteiger partial charge in [-0.15, -0.1) is 0 Å². The van der Waals surface area contributed by atoms with Gasteiger partial charge in [-0.05, 0) is 32.0 Å². The van der Waals surface area contributed by atoms with Gasteiger partial charge < -0.3 is 9.73 Å². The van der Waals surface area contributed by atoms with Crippen molar-refractivity contribution in [2.24, 2.45) is 0 Å². The number of nitrogens with one attached hydrogen (secondary N) is 1. The summed E-state index contributed by atoms with van der Waals surface area (Å²) in [7, 11) is 0. The molecule has 25 heavy (non-hydrogen) atoms. The van der Waals surface area contributed by atoms with E-state index in [2.05, 4.69) is 10.3 Å². The summed E-state index contributed by atoms with van der Waals surface area (Å²) in [5.41, 5.74) is 0.716. The summed E-state index contributed by atoms with van der Waals surface area (Å²) in [5.74, 6) is -0.537. The Labute approximate surface area is 142 Å². The first-order valence-corrected chi connectivity index (χ1v) is 7.82. The molecule has 0 bridgehead atoms. The first kappa shape index (κ1) is 16.6. The molecule has 1 N–H and O–H groups in total. The third-order valence-electron chi connectivity index (χ3n) is 3.85. The highest BCUT2D eigenvalue weighted by atomic mass is 16.4. The molecule has 0 fully saturated rings. The van der Waals surface area contributed by atoms with Gasteiger partial charge in [0.15, 0.2) is 0 Å². The van der Waals surface area contributed by atoms with Crippen LogP contribution >= 0.6 is 0 Å². The molecule has 0 atom stereocenters. The molecule has 0 radical (unpaired) electrons. The molecule has 1 aromatic carbocycles. The van der Waals surface area contributed by atoms with E-state index < -0.39 is 11.5 Å². The molecule has 2 heterocycles. The normalized spacial score (nSPS) is 10.8. The molecule has 128 valence electrons. The Morgan fingerprint density at radius 3 is 2.72 bits per heavy atom. The van der Waals surface area contributed by atoms with Gasteiger partial charge in [0.25, 0.3) is 5.91 Å². The second kappa shape index (κ2) is 6.72. The van der Waals surface area contributed by atoms with Crippen LogP contribution in [0.4, 0.5) is 0 Å². The molecule has 2 aromatic heterocycles. The number of rotatable bonds is 4. The average molecular weight is 339 g/mol. The van der Waals surface area contributed by atoms with Crippen molar-refractivity contribution in [1.82, 2.24) is 14.9 Å². The Bertz CT molecular complexity index is 1070. The Balaban J connectivity index is 1.74. The van der Waals surface area contributed by atoms with E-state index in [9.17, 15) is 14.4 Å². The van der Waals surface area contributed by atoms with Crippen LogP contribution in [0.3, 0.4) is 0 Å². The highest BCUT2D eigenvalue weighted by molar-refractivity contribution is 5.96. The summed E-state index contributed by atoms with van der Waals surface area (Å²) < 4.78 is 6.62. The average Bonchev–Trinajstić information content (AvgIpc) is 2.56. The van der Waals surface area contributed by atoms with Crippen LogP contribution < -0.4 is 16.6 Å². The zero-order chi connectivity index (χ0) is 18.0. The fourth-order valence-corrected chi connectivity index (χ4v) is 2.64. The zero-order valence-electron chi connectivity index (χ0n) is 13.9. The number of aryl methyl sites for hydroxylation is 2. The lowest BCUT2D eigenvalue weighted by Gasteiger charge is -2.10. The predicted molar refractivity (Wildman–Crippen MR) is 92.8 cm³/mol. The van der Waals surface area contributed by atoms with Crippen LogP contribution in [0.25, 0.3) is 11.0 Å². The van der Waals surface area contributed by atoms with E-state index >= 15 is 0 Å². The van der Waals surface area contributed by atoms with Crippen molar-refractivity contribution in [2.45, 2.75) is 20.4 Å². The summed E-state index contributed by atoms with van der Waals surface area (Å²) >= 11 is 0. The number of carbonyl (C=O) groups is 1. The number of hydrogen-bond acceptors (Lipinski definition) is 5. The molecule has 0 spiro atoms. The first-order chi connectivity index (χ1) is 12.0. The van der Waals surface area contributed by atoms with E-state index in [0.29, 0.717) is 16.7 Å². The van der Waals surface area contributed by atoms with Crippen molar-refractivity contribution in [1.29, 1.82) is 0 Å². The molecule has 0 aliphatic heterocycles. The molecule has 3 aromatic rings. The summed E-state index contributed by atoms with van der Waals surface area (Å²) in [6.45, 7) is 4.01. The molecule has 3 rings (SSSR count). The van der Waals surface area contributed by atoms with Crippen LogP contribution in [-0.2, 0) is 6.54 Å². The highest BCUT2D eigenvalue weighted by Crippen LogP contribution is 2.12. The van der Waals surface area contributed by atoms with E-state index in [-0.39, 0.29) is 24.3 Å². The molecular weight excluding hydrogens is 322 g/mol. The summed E-state index contributed by atoms with van der Waals surface area (Å²) in [6, 6.07) is 10.3. The van der Waals surface area contributed by atoms with Gasteiger partial charge in [0.1, 0.15) is 11.1 Å². The van der Waals surface area contributed by atoms with Crippen molar-refractivity contribution in [3.05, 3.63) is 74.3 Å². The Morgan fingerprint density at radius 2 is 1.96 bits per heavy atom. The molecule has 0 aliphatic rings. The molecule has 0 saturated carbocycles. The molecule has 0 aliphatic carbocycles. The van der Waals surface area contributed by atoms with Crippen LogP contribution in [0.5, 0.6) is 0 Å². The lowest BCUT2D eigenvalue weighted by molar-refractivity contribution is 0.0948. The fraction of sp³-hybridized carbons (Fsp3) is 0.222. The topological polar surface area (TPSA) is 94.2 Å². The van der Waals surface area contributed by atoms with Gasteiger partial charge >= 0.3 is 11.3 Å². The van der Waals surface area contributed by atoms with Crippen molar-refractivity contribution >= 4 is 16.9 Å². The van der Waals surface area contributed by atoms with E-state index in [4.69, 9.17) is 4.42 Å². The van der Waals surface area contributed by atoms with Gasteiger partial charge in [0.05, 0.1) is 0 Å². The molecule has 1 amide bonds. The molecule has 0 saturated heterocycles. The molecule has 7 heteroatoms. The van der Waals surface area contributed by atoms with Gasteiger partial charge in [-0.1, -0.05) is 18.2 Å². The second-order valence-corrected chi connectivity index (χ2v) is 5.71. The standard InChI is InChI=1S/C18H17N3O4/c1-11-9-12(2)21(18(24)20-11)8-7-19-16(22)14-10-13-5-3-4-6-15(13)25-17(14)23/h3-6,9-10H,7-8H2,1-2H3,(H,19,22). The third-order valence-corrected chi connectivity index (χ3v) is 3.85. The van der Waals surface area contributed by atoms with E-state index in [1.54, 1.807) is 44.2 Å². The fourth-order valence-electron chi connectivity index (χ4n) is 2.64. The maximum absolute atomic E-state index is 12.2. The quantitative estimate of drug-likeness (QED) is 0.725. The Hall–Kier alpha value is -3.22. The largest absolute Gasteiger partial charge is 0.422 e. The van der Waals surface area contributed by atoms with Crippen LogP contribution in [0.1, 0.15) is 21.7 Å². The SMILES string of the molecule is Cc1cc(C)n(CCNC(=O)c2cc3ccccc3oc2=O)c(=O)n1. The summed E-state index contributed by atoms with van der Waals surface area (Å²) in [4.78, 5) is 40.0. The van der Waals surface area contributed by atoms with Crippen molar-refractivity contribution in [3.63, 3.8) is 0 Å². The number of fused-ring (bicyclic) bond motifs is 1. The zero-order valence-corrected chi connectivity index (χ0v) is 13.9. The van der Waals surface area contributed by atoms with Gasteiger partial charge in [0.2, 0.25) is 0 Å². The van der Waals surface area contributed by atoms with Gasteiger partial charge in [-0.25, -0.2) is 9.59 Å². The van der Waals surface area contributed by atoms with Crippen LogP contribution in [0.15, 0.2) is 50.4 Å². The number of benzene rings is 1. The number of aromatic nitrogens is 2. The minimum absolute atomic E-state index is 0.0650. The van der Waals surface area contributed by atoms with Crippen molar-refractivity contribution < 1.29 is 9.21 Å². The highest BCUT2D eigenvalue weighted by Gasteiger charge is 2.13. The second-order valence-electron chi connectivity index (χ2n) is 5.71. The third kappa shape index (κ3) is 3.50. The number of nitrogens with zero attached hydrogens (tertiary/aromatic N) is 2. The van der Waals surface area contributed by atoms with E-state index in [1.807, 2.05) is 0 Å². The predicted octanol–water partition coefficient (Wildman–Crippen LogP) is 1.40. The Morgan fingerprint density at radius 1 is 1.20 bits per heavy atom. The Kier molecular flexibility index (Phi) is 4.47. The molecular formula is C18H17N3O4. The number of para-hydroxylation sites is 1. The van der Waals surface area contributed by atoms with E-state index in [0.717, 1.165) is 5.69 Å². The maximum Gasteiger partial charge on any atom is 0.349 e. The maximum atomic E-state index is 12.2. The smallest absolute Gasteiger partial charge is 0.349 e. The van der Waals surface area contributed by atoms with Crippen LogP contribution in [0.2, 0.25) is 0 Å². The van der Waals surface area contributed by atoms with Gasteiger partial charge in [-0.3, -0.25) is 9.36 Å². The number of hydrogen-bond donors (Lipinski definition) is 1. The van der Waals surface area contributed by atoms with Crippen LogP contribution in [0, 0.1) is 13.8 Å². The van der Waals surface area contributed by atoms with Gasteiger partial charge in [0, 0.05) is 29.9 Å². The number of amides is 1. The van der Waals surface area contributed by atoms with Crippen molar-refractivity contribution in [2.75, 3.05) is 6.54 Å². The lowest BCUT2D eigenvalue weighted by Crippen LogP contribution is -2.34. The lowest BCUT2D eigenvalue weighted by atomic mass is 10.2. The van der Waals surface area contributed by atoms with Gasteiger partial charge in [-0.2, -0.15) is 4.98 Å². The van der Waals surface area contributed by atoms with E-state index in [1.165, 1.54) is 10.6 Å². The minimum Gasteiger partial charge on any atom is -0.422 e. The van der Waals surface area contributed by atoms with Crippen LogP contribution in [-0.4, -0.2) is 22.0 Å². The molecule has 7 nitrogen and oxygen atoms in total. The van der Waals surface area contributed by atoms with Crippen molar-refractivity contribution in [3.8, 4) is 0 Å². The number of carbonyl (C=O) groups excluding carboxylic acids is 1. The molecule has 0 unspecified atom stereocenters. The summed E-state index contributed by atoms with van der Waals surface area (Å²) in [5, 5.41) is 3.30. The summed E-state index contributed by atoms with van der Waals surface area (Å²) in [6.07, 6.45) is 0. The monoisotopic (exact) mass is 339 g/mol. The first-order valence-electron chi connectivity index (χ1n) is 7.82.